The first-order valence-corrected chi connectivity index (χ1v) is 7.91. The van der Waals surface area contributed by atoms with Gasteiger partial charge in [0.15, 0.2) is 0 Å². The summed E-state index contributed by atoms with van der Waals surface area (Å²) in [6.07, 6.45) is 0. The van der Waals surface area contributed by atoms with Crippen LogP contribution in [0.25, 0.3) is 10.8 Å². The van der Waals surface area contributed by atoms with E-state index in [-0.39, 0.29) is 18.3 Å². The van der Waals surface area contributed by atoms with Crippen molar-refractivity contribution >= 4 is 39.3 Å². The number of hydrogen-bond donors (Lipinski definition) is 0. The molecule has 1 aromatic carbocycles. The zero-order chi connectivity index (χ0) is 15.4. The average molecular weight is 348 g/mol. The first-order valence-electron chi connectivity index (χ1n) is 7.12. The van der Waals surface area contributed by atoms with E-state index >= 15 is 0 Å². The molecule has 0 bridgehead atoms. The van der Waals surface area contributed by atoms with E-state index in [1.54, 1.807) is 0 Å². The lowest BCUT2D eigenvalue weighted by molar-refractivity contribution is 0.00578. The molecule has 21 heavy (non-hydrogen) atoms. The predicted octanol–water partition coefficient (Wildman–Crippen LogP) is 3.60. The molecule has 3 nitrogen and oxygen atoms in total. The second kappa shape index (κ2) is 4.80. The SMILES string of the molecule is Cc1cc2ccc(B3OC(C)(C)C(C)(C)O3)cc2c(Br)n1. The Morgan fingerprint density at radius 1 is 1.05 bits per heavy atom. The molecule has 0 aliphatic carbocycles. The highest BCUT2D eigenvalue weighted by Gasteiger charge is 2.51. The Morgan fingerprint density at radius 2 is 1.67 bits per heavy atom. The number of aromatic nitrogens is 1. The van der Waals surface area contributed by atoms with Crippen molar-refractivity contribution < 1.29 is 9.31 Å². The number of hydrogen-bond acceptors (Lipinski definition) is 3. The van der Waals surface area contributed by atoms with Crippen molar-refractivity contribution in [1.29, 1.82) is 0 Å². The summed E-state index contributed by atoms with van der Waals surface area (Å²) in [5.74, 6) is 0. The quantitative estimate of drug-likeness (QED) is 0.583. The summed E-state index contributed by atoms with van der Waals surface area (Å²) in [6.45, 7) is 10.2. The highest BCUT2D eigenvalue weighted by molar-refractivity contribution is 9.10. The van der Waals surface area contributed by atoms with E-state index in [0.29, 0.717) is 0 Å². The molecule has 0 amide bonds. The van der Waals surface area contributed by atoms with Crippen LogP contribution < -0.4 is 5.46 Å². The molecule has 110 valence electrons. The van der Waals surface area contributed by atoms with Crippen LogP contribution in [0.15, 0.2) is 28.9 Å². The number of rotatable bonds is 1. The van der Waals surface area contributed by atoms with E-state index in [1.807, 2.05) is 6.92 Å². The molecule has 1 aliphatic heterocycles. The van der Waals surface area contributed by atoms with Gasteiger partial charge in [-0.2, -0.15) is 0 Å². The maximum atomic E-state index is 6.10. The van der Waals surface area contributed by atoms with Gasteiger partial charge in [-0.15, -0.1) is 0 Å². The Balaban J connectivity index is 2.03. The number of halogens is 1. The van der Waals surface area contributed by atoms with E-state index in [9.17, 15) is 0 Å². The molecule has 0 N–H and O–H groups in total. The standard InChI is InChI=1S/C16H19BBrNO2/c1-10-8-11-6-7-12(9-13(11)14(18)19-10)17-20-15(2,3)16(4,5)21-17/h6-9H,1-5H3. The Labute approximate surface area is 134 Å². The average Bonchev–Trinajstić information content (AvgIpc) is 2.58. The molecule has 0 unspecified atom stereocenters. The van der Waals surface area contributed by atoms with Crippen molar-refractivity contribution in [3.05, 3.63) is 34.6 Å². The minimum Gasteiger partial charge on any atom is -0.399 e. The van der Waals surface area contributed by atoms with Crippen LogP contribution >= 0.6 is 15.9 Å². The zero-order valence-corrected chi connectivity index (χ0v) is 14.6. The zero-order valence-electron chi connectivity index (χ0n) is 13.0. The predicted molar refractivity (Wildman–Crippen MR) is 89.9 cm³/mol. The van der Waals surface area contributed by atoms with E-state index in [4.69, 9.17) is 9.31 Å². The Hall–Kier alpha value is -0.905. The van der Waals surface area contributed by atoms with Crippen LogP contribution in [0.2, 0.25) is 0 Å². The van der Waals surface area contributed by atoms with E-state index in [2.05, 4.69) is 72.9 Å². The lowest BCUT2D eigenvalue weighted by atomic mass is 9.78. The van der Waals surface area contributed by atoms with Gasteiger partial charge < -0.3 is 9.31 Å². The van der Waals surface area contributed by atoms with Gasteiger partial charge in [-0.25, -0.2) is 4.98 Å². The van der Waals surface area contributed by atoms with Crippen LogP contribution in [0, 0.1) is 6.92 Å². The largest absolute Gasteiger partial charge is 0.494 e. The van der Waals surface area contributed by atoms with Crippen LogP contribution in [-0.2, 0) is 9.31 Å². The summed E-state index contributed by atoms with van der Waals surface area (Å²) in [5.41, 5.74) is 1.37. The van der Waals surface area contributed by atoms with Gasteiger partial charge in [0.1, 0.15) is 4.60 Å². The van der Waals surface area contributed by atoms with Crippen molar-refractivity contribution in [3.8, 4) is 0 Å². The van der Waals surface area contributed by atoms with Gasteiger partial charge in [-0.1, -0.05) is 18.2 Å². The van der Waals surface area contributed by atoms with Crippen molar-refractivity contribution in [2.75, 3.05) is 0 Å². The molecule has 2 heterocycles. The molecular weight excluding hydrogens is 329 g/mol. The third-order valence-electron chi connectivity index (χ3n) is 4.46. The first-order chi connectivity index (χ1) is 9.69. The molecule has 1 aromatic heterocycles. The van der Waals surface area contributed by atoms with Crippen LogP contribution in [0.1, 0.15) is 33.4 Å². The van der Waals surface area contributed by atoms with Crippen LogP contribution in [-0.4, -0.2) is 23.3 Å². The van der Waals surface area contributed by atoms with E-state index in [1.165, 1.54) is 0 Å². The van der Waals surface area contributed by atoms with Gasteiger partial charge in [0.25, 0.3) is 0 Å². The Kier molecular flexibility index (Phi) is 3.43. The summed E-state index contributed by atoms with van der Waals surface area (Å²) in [6, 6.07) is 8.33. The Bertz CT molecular complexity index is 699. The van der Waals surface area contributed by atoms with Crippen molar-refractivity contribution in [1.82, 2.24) is 4.98 Å². The number of nitrogens with zero attached hydrogens (tertiary/aromatic N) is 1. The highest BCUT2D eigenvalue weighted by atomic mass is 79.9. The maximum Gasteiger partial charge on any atom is 0.494 e. The first kappa shape index (κ1) is 15.0. The summed E-state index contributed by atoms with van der Waals surface area (Å²) >= 11 is 3.54. The number of pyridine rings is 1. The molecule has 0 radical (unpaired) electrons. The fraction of sp³-hybridized carbons (Fsp3) is 0.438. The molecule has 0 spiro atoms. The molecule has 5 heteroatoms. The van der Waals surface area contributed by atoms with Gasteiger partial charge in [0.05, 0.1) is 11.2 Å². The van der Waals surface area contributed by atoms with Crippen molar-refractivity contribution in [2.45, 2.75) is 45.8 Å². The smallest absolute Gasteiger partial charge is 0.399 e. The lowest BCUT2D eigenvalue weighted by Crippen LogP contribution is -2.41. The van der Waals surface area contributed by atoms with Gasteiger partial charge in [-0.3, -0.25) is 0 Å². The fourth-order valence-corrected chi connectivity index (χ4v) is 3.10. The number of aryl methyl sites for hydroxylation is 1. The van der Waals surface area contributed by atoms with Gasteiger partial charge in [-0.05, 0) is 67.5 Å². The number of fused-ring (bicyclic) bond motifs is 1. The minimum absolute atomic E-state index is 0.324. The maximum absolute atomic E-state index is 6.10. The molecule has 0 atom stereocenters. The summed E-state index contributed by atoms with van der Waals surface area (Å²) in [5, 5.41) is 2.24. The molecule has 1 fully saturated rings. The summed E-state index contributed by atoms with van der Waals surface area (Å²) in [4.78, 5) is 4.46. The second-order valence-electron chi connectivity index (χ2n) is 6.62. The molecule has 2 aromatic rings. The van der Waals surface area contributed by atoms with Crippen LogP contribution in [0.5, 0.6) is 0 Å². The third-order valence-corrected chi connectivity index (χ3v) is 5.07. The highest BCUT2D eigenvalue weighted by Crippen LogP contribution is 2.36. The Morgan fingerprint density at radius 3 is 2.29 bits per heavy atom. The van der Waals surface area contributed by atoms with Crippen LogP contribution in [0.3, 0.4) is 0 Å². The monoisotopic (exact) mass is 347 g/mol. The van der Waals surface area contributed by atoms with Gasteiger partial charge in [0, 0.05) is 11.1 Å². The molecular formula is C16H19BBrNO2. The van der Waals surface area contributed by atoms with E-state index in [0.717, 1.165) is 26.5 Å². The second-order valence-corrected chi connectivity index (χ2v) is 7.37. The van der Waals surface area contributed by atoms with Crippen molar-refractivity contribution in [3.63, 3.8) is 0 Å². The normalized spacial score (nSPS) is 20.2. The van der Waals surface area contributed by atoms with Gasteiger partial charge >= 0.3 is 7.12 Å². The molecule has 1 aliphatic rings. The molecule has 3 rings (SSSR count). The van der Waals surface area contributed by atoms with Gasteiger partial charge in [0.2, 0.25) is 0 Å². The summed E-state index contributed by atoms with van der Waals surface area (Å²) < 4.78 is 13.1. The fourth-order valence-electron chi connectivity index (χ4n) is 2.48. The molecule has 1 saturated heterocycles. The lowest BCUT2D eigenvalue weighted by Gasteiger charge is -2.32. The molecule has 0 saturated carbocycles. The third kappa shape index (κ3) is 2.52. The topological polar surface area (TPSA) is 31.4 Å². The minimum atomic E-state index is -0.340. The van der Waals surface area contributed by atoms with Crippen LogP contribution in [0.4, 0.5) is 0 Å². The number of benzene rings is 1. The van der Waals surface area contributed by atoms with E-state index < -0.39 is 0 Å². The van der Waals surface area contributed by atoms with Crippen molar-refractivity contribution in [2.24, 2.45) is 0 Å². The summed E-state index contributed by atoms with van der Waals surface area (Å²) in [7, 11) is -0.340.